The number of nitrogens with zero attached hydrogens (tertiary/aromatic N) is 2. The zero-order valence-corrected chi connectivity index (χ0v) is 23.5. The van der Waals surface area contributed by atoms with Crippen LogP contribution in [0.25, 0.3) is 0 Å². The average Bonchev–Trinajstić information content (AvgIpc) is 2.86. The summed E-state index contributed by atoms with van der Waals surface area (Å²) in [4.78, 5) is 27.6. The highest BCUT2D eigenvalue weighted by atomic mass is 35.5. The molecule has 7 nitrogen and oxygen atoms in total. The molecule has 3 rings (SSSR count). The summed E-state index contributed by atoms with van der Waals surface area (Å²) in [6.07, 6.45) is 0. The number of rotatable bonds is 9. The second-order valence-electron chi connectivity index (χ2n) is 8.32. The third kappa shape index (κ3) is 6.76. The second kappa shape index (κ2) is 12.2. The van der Waals surface area contributed by atoms with Gasteiger partial charge in [0.1, 0.15) is 12.6 Å². The summed E-state index contributed by atoms with van der Waals surface area (Å²) in [5, 5.41) is 3.45. The number of hydrogen-bond acceptors (Lipinski definition) is 4. The van der Waals surface area contributed by atoms with E-state index < -0.39 is 34.4 Å². The molecule has 0 unspecified atom stereocenters. The minimum absolute atomic E-state index is 0.00548. The quantitative estimate of drug-likeness (QED) is 0.370. The van der Waals surface area contributed by atoms with Crippen molar-refractivity contribution in [1.82, 2.24) is 10.2 Å². The molecule has 1 atom stereocenters. The van der Waals surface area contributed by atoms with Crippen molar-refractivity contribution in [3.63, 3.8) is 0 Å². The molecule has 3 aromatic rings. The minimum Gasteiger partial charge on any atom is -0.357 e. The van der Waals surface area contributed by atoms with Crippen molar-refractivity contribution in [3.8, 4) is 0 Å². The van der Waals surface area contributed by atoms with E-state index in [0.717, 1.165) is 9.87 Å². The fourth-order valence-electron chi connectivity index (χ4n) is 3.64. The zero-order valence-electron chi connectivity index (χ0n) is 20.4. The number of carbonyl (C=O) groups excluding carboxylic acids is 2. The van der Waals surface area contributed by atoms with Crippen molar-refractivity contribution in [2.24, 2.45) is 0 Å². The summed E-state index contributed by atoms with van der Waals surface area (Å²) in [6.45, 7) is 2.67. The number of hydrogen-bond donors (Lipinski definition) is 1. The molecule has 0 heterocycles. The Bertz CT molecular complexity index is 1380. The van der Waals surface area contributed by atoms with Crippen molar-refractivity contribution in [2.45, 2.75) is 31.3 Å². The number of anilines is 1. The highest BCUT2D eigenvalue weighted by Gasteiger charge is 2.33. The molecule has 196 valence electrons. The van der Waals surface area contributed by atoms with Gasteiger partial charge in [-0.15, -0.1) is 0 Å². The Hall–Kier alpha value is -2.78. The van der Waals surface area contributed by atoms with Crippen LogP contribution in [-0.2, 0) is 26.2 Å². The normalized spacial score (nSPS) is 12.1. The van der Waals surface area contributed by atoms with Crippen molar-refractivity contribution in [1.29, 1.82) is 0 Å². The molecule has 0 saturated heterocycles. The molecule has 0 spiro atoms. The molecule has 37 heavy (non-hydrogen) atoms. The van der Waals surface area contributed by atoms with E-state index in [4.69, 9.17) is 34.8 Å². The van der Waals surface area contributed by atoms with Crippen LogP contribution in [0.5, 0.6) is 0 Å². The predicted molar refractivity (Wildman–Crippen MR) is 148 cm³/mol. The molecule has 3 aromatic carbocycles. The molecule has 11 heteroatoms. The molecule has 0 radical (unpaired) electrons. The number of benzene rings is 3. The molecule has 0 aliphatic heterocycles. The van der Waals surface area contributed by atoms with Gasteiger partial charge in [-0.25, -0.2) is 8.42 Å². The van der Waals surface area contributed by atoms with Crippen molar-refractivity contribution in [2.75, 3.05) is 17.9 Å². The van der Waals surface area contributed by atoms with Crippen molar-refractivity contribution >= 4 is 62.3 Å². The fraction of sp³-hybridized carbons (Fsp3) is 0.231. The van der Waals surface area contributed by atoms with Crippen LogP contribution in [0, 0.1) is 6.92 Å². The van der Waals surface area contributed by atoms with E-state index in [1.807, 2.05) is 6.92 Å². The standard InChI is InChI=1S/C26H26Cl3N3O4S/c1-17-10-12-21(13-11-17)37(35,36)32(20-7-4-6-19(27)14-20)16-25(33)31(18(2)26(34)30-3)15-22-23(28)8-5-9-24(22)29/h4-14,18H,15-16H2,1-3H3,(H,30,34)/t18-/m1/s1. The van der Waals surface area contributed by atoms with Gasteiger partial charge in [0, 0.05) is 34.2 Å². The van der Waals surface area contributed by atoms with Gasteiger partial charge in [0.05, 0.1) is 10.6 Å². The molecule has 0 aliphatic carbocycles. The van der Waals surface area contributed by atoms with Gasteiger partial charge in [-0.3, -0.25) is 13.9 Å². The summed E-state index contributed by atoms with van der Waals surface area (Å²) in [7, 11) is -2.73. The number of carbonyl (C=O) groups is 2. The Morgan fingerprint density at radius 2 is 1.54 bits per heavy atom. The first-order valence-electron chi connectivity index (χ1n) is 11.2. The van der Waals surface area contributed by atoms with Crippen LogP contribution < -0.4 is 9.62 Å². The van der Waals surface area contributed by atoms with Crippen molar-refractivity contribution in [3.05, 3.63) is 92.9 Å². The summed E-state index contributed by atoms with van der Waals surface area (Å²) in [6, 6.07) is 16.4. The second-order valence-corrected chi connectivity index (χ2v) is 11.4. The predicted octanol–water partition coefficient (Wildman–Crippen LogP) is 5.31. The van der Waals surface area contributed by atoms with Gasteiger partial charge in [0.25, 0.3) is 10.0 Å². The summed E-state index contributed by atoms with van der Waals surface area (Å²) < 4.78 is 28.4. The number of sulfonamides is 1. The molecule has 2 amide bonds. The number of nitrogens with one attached hydrogen (secondary N) is 1. The van der Waals surface area contributed by atoms with Gasteiger partial charge < -0.3 is 10.2 Å². The Kier molecular flexibility index (Phi) is 9.47. The van der Waals surface area contributed by atoms with Crippen LogP contribution in [0.2, 0.25) is 15.1 Å². The largest absolute Gasteiger partial charge is 0.357 e. The third-order valence-electron chi connectivity index (χ3n) is 5.79. The topological polar surface area (TPSA) is 86.8 Å². The smallest absolute Gasteiger partial charge is 0.264 e. The molecular weight excluding hydrogens is 557 g/mol. The van der Waals surface area contributed by atoms with Gasteiger partial charge >= 0.3 is 0 Å². The molecule has 0 bridgehead atoms. The Morgan fingerprint density at radius 3 is 2.11 bits per heavy atom. The van der Waals surface area contributed by atoms with Crippen LogP contribution in [-0.4, -0.2) is 44.8 Å². The maximum atomic E-state index is 13.8. The monoisotopic (exact) mass is 581 g/mol. The molecule has 0 saturated carbocycles. The maximum Gasteiger partial charge on any atom is 0.264 e. The zero-order chi connectivity index (χ0) is 27.3. The first-order chi connectivity index (χ1) is 17.4. The van der Waals surface area contributed by atoms with E-state index in [9.17, 15) is 18.0 Å². The molecular formula is C26H26Cl3N3O4S. The van der Waals surface area contributed by atoms with E-state index in [2.05, 4.69) is 5.32 Å². The molecule has 0 aromatic heterocycles. The van der Waals surface area contributed by atoms with Crippen LogP contribution in [0.3, 0.4) is 0 Å². The van der Waals surface area contributed by atoms with Crippen LogP contribution in [0.15, 0.2) is 71.6 Å². The SMILES string of the molecule is CNC(=O)[C@@H](C)N(Cc1c(Cl)cccc1Cl)C(=O)CN(c1cccc(Cl)c1)S(=O)(=O)c1ccc(C)cc1. The first-order valence-corrected chi connectivity index (χ1v) is 13.8. The van der Waals surface area contributed by atoms with E-state index in [0.29, 0.717) is 20.6 Å². The lowest BCUT2D eigenvalue weighted by Gasteiger charge is -2.32. The minimum atomic E-state index is -4.18. The highest BCUT2D eigenvalue weighted by Crippen LogP contribution is 2.29. The highest BCUT2D eigenvalue weighted by molar-refractivity contribution is 7.92. The van der Waals surface area contributed by atoms with Crippen LogP contribution in [0.4, 0.5) is 5.69 Å². The Labute approximate surface area is 232 Å². The summed E-state index contributed by atoms with van der Waals surface area (Å²) in [5.41, 5.74) is 1.52. The lowest BCUT2D eigenvalue weighted by molar-refractivity contribution is -0.139. The summed E-state index contributed by atoms with van der Waals surface area (Å²) in [5.74, 6) is -1.07. The number of halogens is 3. The van der Waals surface area contributed by atoms with E-state index in [1.165, 1.54) is 30.1 Å². The lowest BCUT2D eigenvalue weighted by Crippen LogP contribution is -2.50. The molecule has 0 fully saturated rings. The molecule has 0 aliphatic rings. The van der Waals surface area contributed by atoms with Gasteiger partial charge in [0.15, 0.2) is 0 Å². The Balaban J connectivity index is 2.07. The van der Waals surface area contributed by atoms with E-state index in [1.54, 1.807) is 55.5 Å². The van der Waals surface area contributed by atoms with Crippen molar-refractivity contribution < 1.29 is 18.0 Å². The van der Waals surface area contributed by atoms with E-state index >= 15 is 0 Å². The van der Waals surface area contributed by atoms with Gasteiger partial charge in [-0.1, -0.05) is 64.6 Å². The maximum absolute atomic E-state index is 13.8. The van der Waals surface area contributed by atoms with Gasteiger partial charge in [0.2, 0.25) is 11.8 Å². The fourth-order valence-corrected chi connectivity index (χ4v) is 5.75. The summed E-state index contributed by atoms with van der Waals surface area (Å²) >= 11 is 18.8. The lowest BCUT2D eigenvalue weighted by atomic mass is 10.1. The van der Waals surface area contributed by atoms with Gasteiger partial charge in [-0.05, 0) is 56.3 Å². The molecule has 1 N–H and O–H groups in total. The third-order valence-corrected chi connectivity index (χ3v) is 8.52. The van der Waals surface area contributed by atoms with Crippen LogP contribution in [0.1, 0.15) is 18.1 Å². The number of aryl methyl sites for hydroxylation is 1. The number of amides is 2. The average molecular weight is 583 g/mol. The van der Waals surface area contributed by atoms with E-state index in [-0.39, 0.29) is 17.1 Å². The van der Waals surface area contributed by atoms with Crippen LogP contribution >= 0.6 is 34.8 Å². The Morgan fingerprint density at radius 1 is 0.946 bits per heavy atom. The van der Waals surface area contributed by atoms with Gasteiger partial charge in [-0.2, -0.15) is 0 Å². The number of likely N-dealkylation sites (N-methyl/N-ethyl adjacent to an activating group) is 1. The first kappa shape index (κ1) is 28.8.